The molecule has 0 unspecified atom stereocenters. The van der Waals surface area contributed by atoms with Gasteiger partial charge in [-0.25, -0.2) is 4.98 Å². The Balaban J connectivity index is 1.35. The molecule has 6 nitrogen and oxygen atoms in total. The average molecular weight is 494 g/mol. The van der Waals surface area contributed by atoms with E-state index < -0.39 is 0 Å². The molecule has 0 bridgehead atoms. The molecule has 2 aromatic carbocycles. The number of benzene rings is 2. The van der Waals surface area contributed by atoms with Crippen LogP contribution in [0.4, 0.5) is 0 Å². The van der Waals surface area contributed by atoms with Crippen LogP contribution >= 0.6 is 15.9 Å². The summed E-state index contributed by atoms with van der Waals surface area (Å²) in [5.74, 6) is 0.670. The van der Waals surface area contributed by atoms with E-state index in [4.69, 9.17) is 4.74 Å². The highest BCUT2D eigenvalue weighted by Gasteiger charge is 2.26. The Kier molecular flexibility index (Phi) is 6.85. The number of rotatable bonds is 5. The lowest BCUT2D eigenvalue weighted by molar-refractivity contribution is 0.0698. The molecule has 0 saturated carbocycles. The molecule has 164 valence electrons. The summed E-state index contributed by atoms with van der Waals surface area (Å²) in [5, 5.41) is 3.07. The highest BCUT2D eigenvalue weighted by molar-refractivity contribution is 9.10. The second-order valence-corrected chi connectivity index (χ2v) is 8.73. The number of likely N-dealkylation sites (tertiary alicyclic amines) is 1. The third-order valence-electron chi connectivity index (χ3n) is 5.46. The molecule has 1 saturated heterocycles. The second kappa shape index (κ2) is 9.96. The van der Waals surface area contributed by atoms with Crippen molar-refractivity contribution in [3.8, 4) is 11.6 Å². The lowest BCUT2D eigenvalue weighted by Gasteiger charge is -2.32. The van der Waals surface area contributed by atoms with Crippen molar-refractivity contribution in [2.24, 2.45) is 0 Å². The van der Waals surface area contributed by atoms with Crippen LogP contribution in [0.15, 0.2) is 71.3 Å². The maximum absolute atomic E-state index is 12.9. The van der Waals surface area contributed by atoms with Gasteiger partial charge in [0.25, 0.3) is 11.8 Å². The van der Waals surface area contributed by atoms with Crippen molar-refractivity contribution in [2.45, 2.75) is 25.8 Å². The van der Waals surface area contributed by atoms with Gasteiger partial charge in [0.2, 0.25) is 5.88 Å². The van der Waals surface area contributed by atoms with Gasteiger partial charge >= 0.3 is 0 Å². The number of piperidine rings is 1. The number of ether oxygens (including phenoxy) is 1. The smallest absolute Gasteiger partial charge is 0.257 e. The van der Waals surface area contributed by atoms with Crippen molar-refractivity contribution >= 4 is 27.7 Å². The van der Waals surface area contributed by atoms with Crippen LogP contribution < -0.4 is 10.1 Å². The van der Waals surface area contributed by atoms with Gasteiger partial charge in [-0.05, 0) is 68.3 Å². The van der Waals surface area contributed by atoms with Crippen LogP contribution in [-0.2, 0) is 0 Å². The van der Waals surface area contributed by atoms with Gasteiger partial charge in [-0.2, -0.15) is 0 Å². The average Bonchev–Trinajstić information content (AvgIpc) is 2.81. The van der Waals surface area contributed by atoms with E-state index in [9.17, 15) is 9.59 Å². The first-order valence-electron chi connectivity index (χ1n) is 10.5. The van der Waals surface area contributed by atoms with Gasteiger partial charge in [-0.3, -0.25) is 9.59 Å². The summed E-state index contributed by atoms with van der Waals surface area (Å²) in [7, 11) is 0. The minimum Gasteiger partial charge on any atom is -0.438 e. The number of aryl methyl sites for hydroxylation is 1. The third-order valence-corrected chi connectivity index (χ3v) is 5.99. The van der Waals surface area contributed by atoms with Gasteiger partial charge < -0.3 is 15.0 Å². The molecule has 4 rings (SSSR count). The number of hydrogen-bond donors (Lipinski definition) is 1. The van der Waals surface area contributed by atoms with Gasteiger partial charge in [0.1, 0.15) is 11.3 Å². The number of pyridine rings is 1. The van der Waals surface area contributed by atoms with Crippen molar-refractivity contribution in [1.29, 1.82) is 0 Å². The molecular weight excluding hydrogens is 470 g/mol. The van der Waals surface area contributed by atoms with E-state index in [2.05, 4.69) is 26.2 Å². The van der Waals surface area contributed by atoms with Crippen LogP contribution in [0.3, 0.4) is 0 Å². The first kappa shape index (κ1) is 22.0. The van der Waals surface area contributed by atoms with E-state index in [1.54, 1.807) is 30.5 Å². The van der Waals surface area contributed by atoms with Crippen LogP contribution in [0.25, 0.3) is 0 Å². The summed E-state index contributed by atoms with van der Waals surface area (Å²) in [4.78, 5) is 31.7. The van der Waals surface area contributed by atoms with Gasteiger partial charge in [0.15, 0.2) is 0 Å². The van der Waals surface area contributed by atoms with Crippen LogP contribution in [0.1, 0.15) is 39.1 Å². The Morgan fingerprint density at radius 2 is 1.72 bits per heavy atom. The number of halogens is 1. The molecule has 2 heterocycles. The predicted octanol–water partition coefficient (Wildman–Crippen LogP) is 4.98. The van der Waals surface area contributed by atoms with Crippen LogP contribution in [0.2, 0.25) is 0 Å². The van der Waals surface area contributed by atoms with Crippen molar-refractivity contribution in [1.82, 2.24) is 15.2 Å². The zero-order valence-corrected chi connectivity index (χ0v) is 19.3. The lowest BCUT2D eigenvalue weighted by Crippen LogP contribution is -2.46. The largest absolute Gasteiger partial charge is 0.438 e. The number of nitrogens with zero attached hydrogens (tertiary/aromatic N) is 2. The summed E-state index contributed by atoms with van der Waals surface area (Å²) >= 11 is 3.39. The maximum Gasteiger partial charge on any atom is 0.257 e. The van der Waals surface area contributed by atoms with Crippen molar-refractivity contribution < 1.29 is 14.3 Å². The molecule has 1 aliphatic rings. The fourth-order valence-corrected chi connectivity index (χ4v) is 3.89. The van der Waals surface area contributed by atoms with Gasteiger partial charge in [0.05, 0.1) is 0 Å². The molecule has 32 heavy (non-hydrogen) atoms. The van der Waals surface area contributed by atoms with E-state index in [1.807, 2.05) is 48.2 Å². The monoisotopic (exact) mass is 493 g/mol. The molecule has 2 amide bonds. The third kappa shape index (κ3) is 5.34. The first-order valence-corrected chi connectivity index (χ1v) is 11.3. The molecular formula is C25H24BrN3O3. The zero-order chi connectivity index (χ0) is 22.5. The molecule has 0 aliphatic carbocycles. The van der Waals surface area contributed by atoms with Gasteiger partial charge in [-0.15, -0.1) is 0 Å². The minimum atomic E-state index is -0.228. The summed E-state index contributed by atoms with van der Waals surface area (Å²) < 4.78 is 6.78. The van der Waals surface area contributed by atoms with Crippen molar-refractivity contribution in [2.75, 3.05) is 13.1 Å². The number of aromatic nitrogens is 1. The molecule has 7 heteroatoms. The molecule has 1 N–H and O–H groups in total. The molecule has 0 radical (unpaired) electrons. The fourth-order valence-electron chi connectivity index (χ4n) is 3.63. The summed E-state index contributed by atoms with van der Waals surface area (Å²) in [5.41, 5.74) is 2.21. The first-order chi connectivity index (χ1) is 15.5. The van der Waals surface area contributed by atoms with E-state index in [0.29, 0.717) is 42.8 Å². The van der Waals surface area contributed by atoms with E-state index in [-0.39, 0.29) is 23.7 Å². The van der Waals surface area contributed by atoms with E-state index >= 15 is 0 Å². The standard InChI is InChI=1S/C25H24BrN3O3/c1-17-4-6-18(7-5-17)25(31)29-15-12-20(13-16-29)28-23(30)22-3-2-14-27-24(22)32-21-10-8-19(26)9-11-21/h2-11,14,20H,12-13,15-16H2,1H3,(H,28,30). The Labute approximate surface area is 195 Å². The lowest BCUT2D eigenvalue weighted by atomic mass is 10.0. The number of amides is 2. The topological polar surface area (TPSA) is 71.5 Å². The number of carbonyl (C=O) groups is 2. The molecule has 3 aromatic rings. The zero-order valence-electron chi connectivity index (χ0n) is 17.8. The summed E-state index contributed by atoms with van der Waals surface area (Å²) in [6, 6.07) is 18.4. The Morgan fingerprint density at radius 3 is 2.41 bits per heavy atom. The second-order valence-electron chi connectivity index (χ2n) is 7.82. The maximum atomic E-state index is 12.9. The highest BCUT2D eigenvalue weighted by Crippen LogP contribution is 2.25. The molecule has 1 aliphatic heterocycles. The molecule has 0 atom stereocenters. The normalized spacial score (nSPS) is 14.1. The highest BCUT2D eigenvalue weighted by atomic mass is 79.9. The van der Waals surface area contributed by atoms with Crippen LogP contribution in [0, 0.1) is 6.92 Å². The number of nitrogens with one attached hydrogen (secondary N) is 1. The SMILES string of the molecule is Cc1ccc(C(=O)N2CCC(NC(=O)c3cccnc3Oc3ccc(Br)cc3)CC2)cc1. The quantitative estimate of drug-likeness (QED) is 0.543. The molecule has 1 aromatic heterocycles. The summed E-state index contributed by atoms with van der Waals surface area (Å²) in [6.45, 7) is 3.21. The van der Waals surface area contributed by atoms with E-state index in [0.717, 1.165) is 10.0 Å². The summed E-state index contributed by atoms with van der Waals surface area (Å²) in [6.07, 6.45) is 3.00. The predicted molar refractivity (Wildman–Crippen MR) is 126 cm³/mol. The number of carbonyl (C=O) groups excluding carboxylic acids is 2. The Morgan fingerprint density at radius 1 is 1.03 bits per heavy atom. The minimum absolute atomic E-state index is 0.00898. The Bertz CT molecular complexity index is 1090. The Hall–Kier alpha value is -3.19. The molecule has 0 spiro atoms. The van der Waals surface area contributed by atoms with E-state index in [1.165, 1.54) is 0 Å². The van der Waals surface area contributed by atoms with Crippen LogP contribution in [-0.4, -0.2) is 40.8 Å². The number of hydrogen-bond acceptors (Lipinski definition) is 4. The van der Waals surface area contributed by atoms with Gasteiger partial charge in [-0.1, -0.05) is 33.6 Å². The van der Waals surface area contributed by atoms with Crippen molar-refractivity contribution in [3.05, 3.63) is 88.0 Å². The fraction of sp³-hybridized carbons (Fsp3) is 0.240. The van der Waals surface area contributed by atoms with Crippen LogP contribution in [0.5, 0.6) is 11.6 Å². The van der Waals surface area contributed by atoms with Crippen molar-refractivity contribution in [3.63, 3.8) is 0 Å². The molecule has 1 fully saturated rings. The van der Waals surface area contributed by atoms with Gasteiger partial charge in [0, 0.05) is 35.4 Å².